The number of aromatic amines is 1. The lowest BCUT2D eigenvalue weighted by Crippen LogP contribution is -2.25. The standard InChI is InChI=1S/C24H22N4O2/c29-22(15-8-16-25-24(30)17-9-2-1-3-10-17)26-19-12-5-4-11-18(19)23-27-20-13-6-7-14-21(20)28-23/h1-7,9-14H,8,15-16H2,(H,25,30)(H,26,29)(H,27,28). The third-order valence-corrected chi connectivity index (χ3v) is 4.75. The van der Waals surface area contributed by atoms with Gasteiger partial charge in [-0.2, -0.15) is 0 Å². The minimum Gasteiger partial charge on any atom is -0.352 e. The second-order valence-electron chi connectivity index (χ2n) is 6.92. The fraction of sp³-hybridized carbons (Fsp3) is 0.125. The summed E-state index contributed by atoms with van der Waals surface area (Å²) < 4.78 is 0. The van der Waals surface area contributed by atoms with Gasteiger partial charge in [0.15, 0.2) is 0 Å². The van der Waals surface area contributed by atoms with Crippen LogP contribution in [0.1, 0.15) is 23.2 Å². The van der Waals surface area contributed by atoms with E-state index in [1.807, 2.05) is 66.7 Å². The Morgan fingerprint density at radius 1 is 0.867 bits per heavy atom. The summed E-state index contributed by atoms with van der Waals surface area (Å²) in [5.41, 5.74) is 3.97. The van der Waals surface area contributed by atoms with E-state index in [1.54, 1.807) is 12.1 Å². The zero-order valence-corrected chi connectivity index (χ0v) is 16.4. The molecule has 0 saturated carbocycles. The van der Waals surface area contributed by atoms with Crippen molar-refractivity contribution in [1.82, 2.24) is 15.3 Å². The summed E-state index contributed by atoms with van der Waals surface area (Å²) in [5.74, 6) is 0.473. The minimum atomic E-state index is -0.133. The van der Waals surface area contributed by atoms with Crippen LogP contribution in [-0.4, -0.2) is 28.3 Å². The molecular formula is C24H22N4O2. The van der Waals surface area contributed by atoms with Crippen molar-refractivity contribution in [3.05, 3.63) is 84.4 Å². The second-order valence-corrected chi connectivity index (χ2v) is 6.92. The molecule has 0 bridgehead atoms. The van der Waals surface area contributed by atoms with E-state index in [4.69, 9.17) is 0 Å². The minimum absolute atomic E-state index is 0.104. The van der Waals surface area contributed by atoms with Crippen LogP contribution in [0, 0.1) is 0 Å². The lowest BCUT2D eigenvalue weighted by Gasteiger charge is -2.10. The van der Waals surface area contributed by atoms with Crippen LogP contribution in [0.3, 0.4) is 0 Å². The van der Waals surface area contributed by atoms with Crippen LogP contribution in [0.5, 0.6) is 0 Å². The molecule has 0 saturated heterocycles. The molecule has 4 rings (SSSR count). The number of fused-ring (bicyclic) bond motifs is 1. The van der Waals surface area contributed by atoms with Crippen LogP contribution in [0.25, 0.3) is 22.4 Å². The average Bonchev–Trinajstić information content (AvgIpc) is 3.21. The quantitative estimate of drug-likeness (QED) is 0.404. The summed E-state index contributed by atoms with van der Waals surface area (Å²) in [6.45, 7) is 0.437. The smallest absolute Gasteiger partial charge is 0.251 e. The fourth-order valence-electron chi connectivity index (χ4n) is 3.23. The number of hydrogen-bond acceptors (Lipinski definition) is 3. The summed E-state index contributed by atoms with van der Waals surface area (Å²) in [5, 5.41) is 5.80. The maximum Gasteiger partial charge on any atom is 0.251 e. The molecule has 3 N–H and O–H groups in total. The summed E-state index contributed by atoms with van der Waals surface area (Å²) in [6.07, 6.45) is 0.862. The first-order valence-corrected chi connectivity index (χ1v) is 9.88. The van der Waals surface area contributed by atoms with Crippen molar-refractivity contribution >= 4 is 28.5 Å². The maximum atomic E-state index is 12.4. The van der Waals surface area contributed by atoms with Gasteiger partial charge < -0.3 is 15.6 Å². The zero-order valence-electron chi connectivity index (χ0n) is 16.4. The Labute approximate surface area is 174 Å². The highest BCUT2D eigenvalue weighted by Crippen LogP contribution is 2.27. The number of aromatic nitrogens is 2. The molecule has 0 radical (unpaired) electrons. The molecule has 0 aliphatic carbocycles. The molecule has 3 aromatic carbocycles. The second kappa shape index (κ2) is 9.05. The van der Waals surface area contributed by atoms with Crippen LogP contribution in [0.15, 0.2) is 78.9 Å². The van der Waals surface area contributed by atoms with E-state index >= 15 is 0 Å². The molecule has 30 heavy (non-hydrogen) atoms. The number of nitrogens with zero attached hydrogens (tertiary/aromatic N) is 1. The monoisotopic (exact) mass is 398 g/mol. The predicted octanol–water partition coefficient (Wildman–Crippen LogP) is 4.38. The van der Waals surface area contributed by atoms with Gasteiger partial charge in [-0.1, -0.05) is 42.5 Å². The first kappa shape index (κ1) is 19.4. The molecule has 1 heterocycles. The van der Waals surface area contributed by atoms with Gasteiger partial charge in [-0.05, 0) is 42.8 Å². The largest absolute Gasteiger partial charge is 0.352 e. The van der Waals surface area contributed by atoms with Crippen molar-refractivity contribution in [3.8, 4) is 11.4 Å². The van der Waals surface area contributed by atoms with Gasteiger partial charge in [0.25, 0.3) is 5.91 Å². The van der Waals surface area contributed by atoms with Crippen molar-refractivity contribution in [2.75, 3.05) is 11.9 Å². The molecule has 4 aromatic rings. The molecule has 0 unspecified atom stereocenters. The molecule has 0 aliphatic rings. The van der Waals surface area contributed by atoms with Gasteiger partial charge in [-0.25, -0.2) is 4.98 Å². The highest BCUT2D eigenvalue weighted by Gasteiger charge is 2.12. The molecule has 0 spiro atoms. The Morgan fingerprint density at radius 2 is 1.60 bits per heavy atom. The molecule has 0 aliphatic heterocycles. The highest BCUT2D eigenvalue weighted by atomic mass is 16.2. The van der Waals surface area contributed by atoms with Crippen LogP contribution in [0.4, 0.5) is 5.69 Å². The SMILES string of the molecule is O=C(CCCNC(=O)c1ccccc1)Nc1ccccc1-c1nc2ccccc2[nH]1. The zero-order chi connectivity index (χ0) is 20.8. The number of hydrogen-bond donors (Lipinski definition) is 3. The van der Waals surface area contributed by atoms with Crippen molar-refractivity contribution in [1.29, 1.82) is 0 Å². The summed E-state index contributed by atoms with van der Waals surface area (Å²) >= 11 is 0. The van der Waals surface area contributed by atoms with Crippen molar-refractivity contribution in [3.63, 3.8) is 0 Å². The van der Waals surface area contributed by atoms with Gasteiger partial charge >= 0.3 is 0 Å². The van der Waals surface area contributed by atoms with Gasteiger partial charge in [-0.3, -0.25) is 9.59 Å². The number of carbonyl (C=O) groups is 2. The maximum absolute atomic E-state index is 12.4. The van der Waals surface area contributed by atoms with Gasteiger partial charge in [0, 0.05) is 24.1 Å². The lowest BCUT2D eigenvalue weighted by molar-refractivity contribution is -0.116. The number of nitrogens with one attached hydrogen (secondary N) is 3. The normalized spacial score (nSPS) is 10.7. The van der Waals surface area contributed by atoms with E-state index in [-0.39, 0.29) is 11.8 Å². The highest BCUT2D eigenvalue weighted by molar-refractivity contribution is 5.96. The topological polar surface area (TPSA) is 86.9 Å². The van der Waals surface area contributed by atoms with Crippen molar-refractivity contribution in [2.45, 2.75) is 12.8 Å². The molecule has 0 atom stereocenters. The van der Waals surface area contributed by atoms with Gasteiger partial charge in [-0.15, -0.1) is 0 Å². The average molecular weight is 398 g/mol. The summed E-state index contributed by atoms with van der Waals surface area (Å²) in [4.78, 5) is 32.4. The molecule has 1 aromatic heterocycles. The Hall–Kier alpha value is -3.93. The Morgan fingerprint density at radius 3 is 2.43 bits per heavy atom. The van der Waals surface area contributed by atoms with Crippen LogP contribution < -0.4 is 10.6 Å². The summed E-state index contributed by atoms with van der Waals surface area (Å²) in [7, 11) is 0. The van der Waals surface area contributed by atoms with Gasteiger partial charge in [0.1, 0.15) is 5.82 Å². The third kappa shape index (κ3) is 4.55. The van der Waals surface area contributed by atoms with Gasteiger partial charge in [0.05, 0.1) is 16.7 Å². The molecule has 6 heteroatoms. The molecule has 6 nitrogen and oxygen atoms in total. The Bertz CT molecular complexity index is 1140. The van der Waals surface area contributed by atoms with Crippen molar-refractivity contribution in [2.24, 2.45) is 0 Å². The number of imidazole rings is 1. The molecule has 0 fully saturated rings. The van der Waals surface area contributed by atoms with E-state index in [2.05, 4.69) is 20.6 Å². The van der Waals surface area contributed by atoms with E-state index in [9.17, 15) is 9.59 Å². The number of rotatable bonds is 7. The van der Waals surface area contributed by atoms with Crippen LogP contribution in [-0.2, 0) is 4.79 Å². The third-order valence-electron chi connectivity index (χ3n) is 4.75. The van der Waals surface area contributed by atoms with Crippen LogP contribution >= 0.6 is 0 Å². The Balaban J connectivity index is 1.34. The number of anilines is 1. The summed E-state index contributed by atoms with van der Waals surface area (Å²) in [6, 6.07) is 24.4. The van der Waals surface area contributed by atoms with E-state index in [0.29, 0.717) is 36.5 Å². The molecule has 150 valence electrons. The molecule has 2 amide bonds. The molecular weight excluding hydrogens is 376 g/mol. The van der Waals surface area contributed by atoms with Crippen molar-refractivity contribution < 1.29 is 9.59 Å². The number of para-hydroxylation sites is 3. The van der Waals surface area contributed by atoms with E-state index in [1.165, 1.54) is 0 Å². The first-order valence-electron chi connectivity index (χ1n) is 9.88. The number of carbonyl (C=O) groups excluding carboxylic acids is 2. The van der Waals surface area contributed by atoms with E-state index in [0.717, 1.165) is 16.6 Å². The Kier molecular flexibility index (Phi) is 5.85. The van der Waals surface area contributed by atoms with E-state index < -0.39 is 0 Å². The number of H-pyrrole nitrogens is 1. The predicted molar refractivity (Wildman–Crippen MR) is 118 cm³/mol. The first-order chi connectivity index (χ1) is 14.7. The van der Waals surface area contributed by atoms with Gasteiger partial charge in [0.2, 0.25) is 5.91 Å². The number of amides is 2. The number of benzene rings is 3. The fourth-order valence-corrected chi connectivity index (χ4v) is 3.23. The lowest BCUT2D eigenvalue weighted by atomic mass is 10.1. The van der Waals surface area contributed by atoms with Crippen LogP contribution in [0.2, 0.25) is 0 Å².